The first kappa shape index (κ1) is 13.5. The molecule has 1 aromatic heterocycles. The number of aromatic nitrogens is 1. The number of rotatable bonds is 3. The third-order valence-electron chi connectivity index (χ3n) is 3.18. The summed E-state index contributed by atoms with van der Waals surface area (Å²) >= 11 is 1.48. The number of carbonyl (C=O) groups is 1. The van der Waals surface area contributed by atoms with Crippen LogP contribution in [-0.2, 0) is 4.79 Å². The summed E-state index contributed by atoms with van der Waals surface area (Å²) in [5.41, 5.74) is 8.97. The van der Waals surface area contributed by atoms with Gasteiger partial charge in [0.2, 0.25) is 0 Å². The maximum absolute atomic E-state index is 11.8. The van der Waals surface area contributed by atoms with Crippen molar-refractivity contribution in [3.8, 4) is 0 Å². The topological polar surface area (TPSA) is 56.0 Å². The summed E-state index contributed by atoms with van der Waals surface area (Å²) in [5.74, 6) is -0.463. The zero-order valence-corrected chi connectivity index (χ0v) is 12.4. The minimum Gasteiger partial charge on any atom is -0.366 e. The van der Waals surface area contributed by atoms with Crippen molar-refractivity contribution in [2.24, 2.45) is 5.73 Å². The van der Waals surface area contributed by atoms with Crippen molar-refractivity contribution in [1.82, 2.24) is 4.98 Å². The zero-order chi connectivity index (χ0) is 14.8. The molecule has 1 amide bonds. The quantitative estimate of drug-likeness (QED) is 0.750. The minimum absolute atomic E-state index is 0.444. The summed E-state index contributed by atoms with van der Waals surface area (Å²) in [6.07, 6.45) is 1.79. The first-order valence-electron chi connectivity index (χ1n) is 6.57. The predicted molar refractivity (Wildman–Crippen MR) is 87.9 cm³/mol. The van der Waals surface area contributed by atoms with Crippen LogP contribution in [0.3, 0.4) is 0 Å². The lowest BCUT2D eigenvalue weighted by Crippen LogP contribution is -2.12. The molecular formula is C17H14N2OS. The highest BCUT2D eigenvalue weighted by molar-refractivity contribution is 7.19. The molecule has 0 spiro atoms. The molecule has 3 aromatic rings. The average Bonchev–Trinajstić information content (AvgIpc) is 2.89. The van der Waals surface area contributed by atoms with Gasteiger partial charge >= 0.3 is 0 Å². The number of primary amides is 1. The van der Waals surface area contributed by atoms with Gasteiger partial charge in [0.05, 0.1) is 15.8 Å². The Bertz CT molecular complexity index is 798. The van der Waals surface area contributed by atoms with E-state index in [9.17, 15) is 4.79 Å². The van der Waals surface area contributed by atoms with E-state index in [-0.39, 0.29) is 0 Å². The van der Waals surface area contributed by atoms with Gasteiger partial charge in [-0.1, -0.05) is 42.0 Å². The van der Waals surface area contributed by atoms with E-state index in [1.165, 1.54) is 16.9 Å². The monoisotopic (exact) mass is 294 g/mol. The Hall–Kier alpha value is -2.46. The molecule has 0 aliphatic rings. The lowest BCUT2D eigenvalue weighted by Gasteiger charge is -2.00. The second-order valence-corrected chi connectivity index (χ2v) is 5.85. The number of thiazole rings is 1. The molecule has 0 radical (unpaired) electrons. The second kappa shape index (κ2) is 5.50. The Balaban J connectivity index is 2.09. The van der Waals surface area contributed by atoms with Crippen LogP contribution in [0.25, 0.3) is 21.9 Å². The minimum atomic E-state index is -0.463. The predicted octanol–water partition coefficient (Wildman–Crippen LogP) is 3.63. The van der Waals surface area contributed by atoms with Crippen molar-refractivity contribution in [2.75, 3.05) is 0 Å². The maximum atomic E-state index is 11.8. The highest BCUT2D eigenvalue weighted by Crippen LogP contribution is 2.28. The van der Waals surface area contributed by atoms with E-state index in [0.29, 0.717) is 10.6 Å². The van der Waals surface area contributed by atoms with Gasteiger partial charge in [-0.3, -0.25) is 4.79 Å². The molecule has 1 heterocycles. The van der Waals surface area contributed by atoms with Gasteiger partial charge in [-0.2, -0.15) is 0 Å². The third-order valence-corrected chi connectivity index (χ3v) is 4.25. The largest absolute Gasteiger partial charge is 0.366 e. The molecule has 104 valence electrons. The normalized spacial score (nSPS) is 11.8. The van der Waals surface area contributed by atoms with Gasteiger partial charge in [-0.15, -0.1) is 11.3 Å². The molecule has 2 aromatic carbocycles. The van der Waals surface area contributed by atoms with Crippen molar-refractivity contribution < 1.29 is 4.79 Å². The molecule has 3 rings (SSSR count). The molecule has 0 fully saturated rings. The molecule has 2 N–H and O–H groups in total. The van der Waals surface area contributed by atoms with Crippen LogP contribution in [-0.4, -0.2) is 10.9 Å². The average molecular weight is 294 g/mol. The van der Waals surface area contributed by atoms with Gasteiger partial charge in [0.1, 0.15) is 5.01 Å². The molecule has 0 aliphatic heterocycles. The number of hydrogen-bond acceptors (Lipinski definition) is 3. The second-order valence-electron chi connectivity index (χ2n) is 4.82. The molecule has 0 saturated carbocycles. The SMILES string of the molecule is Cc1ccc(C=C(C(N)=O)c2nc3ccccc3s2)cc1. The molecule has 4 heteroatoms. The third kappa shape index (κ3) is 2.85. The fourth-order valence-electron chi connectivity index (χ4n) is 2.06. The van der Waals surface area contributed by atoms with Crippen LogP contribution in [0.5, 0.6) is 0 Å². The summed E-state index contributed by atoms with van der Waals surface area (Å²) in [6.45, 7) is 2.02. The summed E-state index contributed by atoms with van der Waals surface area (Å²) in [4.78, 5) is 16.3. The number of para-hydroxylation sites is 1. The molecular weight excluding hydrogens is 280 g/mol. The van der Waals surface area contributed by atoms with Crippen LogP contribution >= 0.6 is 11.3 Å². The number of nitrogens with two attached hydrogens (primary N) is 1. The van der Waals surface area contributed by atoms with Crippen LogP contribution in [0.15, 0.2) is 48.5 Å². The summed E-state index contributed by atoms with van der Waals surface area (Å²) in [5, 5.41) is 0.657. The van der Waals surface area contributed by atoms with Gasteiger partial charge in [-0.25, -0.2) is 4.98 Å². The van der Waals surface area contributed by atoms with Gasteiger partial charge in [0.25, 0.3) is 5.91 Å². The fourth-order valence-corrected chi connectivity index (χ4v) is 3.04. The van der Waals surface area contributed by atoms with E-state index in [1.54, 1.807) is 6.08 Å². The Morgan fingerprint density at radius 2 is 1.86 bits per heavy atom. The lowest BCUT2D eigenvalue weighted by molar-refractivity contribution is -0.112. The Morgan fingerprint density at radius 3 is 2.52 bits per heavy atom. The summed E-state index contributed by atoms with van der Waals surface area (Å²) in [7, 11) is 0. The molecule has 0 aliphatic carbocycles. The zero-order valence-electron chi connectivity index (χ0n) is 11.5. The van der Waals surface area contributed by atoms with E-state index in [2.05, 4.69) is 4.98 Å². The van der Waals surface area contributed by atoms with Crippen molar-refractivity contribution in [1.29, 1.82) is 0 Å². The lowest BCUT2D eigenvalue weighted by atomic mass is 10.1. The van der Waals surface area contributed by atoms with Gasteiger partial charge in [-0.05, 0) is 30.7 Å². The van der Waals surface area contributed by atoms with Crippen LogP contribution in [0, 0.1) is 6.92 Å². The van der Waals surface area contributed by atoms with E-state index in [4.69, 9.17) is 5.73 Å². The number of benzene rings is 2. The van der Waals surface area contributed by atoms with E-state index < -0.39 is 5.91 Å². The first-order valence-corrected chi connectivity index (χ1v) is 7.39. The van der Waals surface area contributed by atoms with Crippen molar-refractivity contribution in [2.45, 2.75) is 6.92 Å². The molecule has 0 bridgehead atoms. The molecule has 0 unspecified atom stereocenters. The Kier molecular flexibility index (Phi) is 3.54. The number of nitrogens with zero attached hydrogens (tertiary/aromatic N) is 1. The summed E-state index contributed by atoms with van der Waals surface area (Å²) in [6, 6.07) is 15.7. The van der Waals surface area contributed by atoms with Crippen molar-refractivity contribution >= 4 is 39.1 Å². The molecule has 0 saturated heterocycles. The van der Waals surface area contributed by atoms with E-state index >= 15 is 0 Å². The number of amides is 1. The van der Waals surface area contributed by atoms with E-state index in [1.807, 2.05) is 55.5 Å². The number of aryl methyl sites for hydroxylation is 1. The van der Waals surface area contributed by atoms with Crippen LogP contribution in [0.4, 0.5) is 0 Å². The number of fused-ring (bicyclic) bond motifs is 1. The van der Waals surface area contributed by atoms with Crippen LogP contribution in [0.2, 0.25) is 0 Å². The van der Waals surface area contributed by atoms with E-state index in [0.717, 1.165) is 15.8 Å². The summed E-state index contributed by atoms with van der Waals surface area (Å²) < 4.78 is 1.04. The Labute approximate surface area is 126 Å². The van der Waals surface area contributed by atoms with Gasteiger partial charge in [0.15, 0.2) is 0 Å². The molecule has 21 heavy (non-hydrogen) atoms. The van der Waals surface area contributed by atoms with Crippen molar-refractivity contribution in [3.63, 3.8) is 0 Å². The Morgan fingerprint density at radius 1 is 1.14 bits per heavy atom. The number of hydrogen-bond donors (Lipinski definition) is 1. The molecule has 3 nitrogen and oxygen atoms in total. The number of carbonyl (C=O) groups excluding carboxylic acids is 1. The van der Waals surface area contributed by atoms with Crippen molar-refractivity contribution in [3.05, 3.63) is 64.7 Å². The first-order chi connectivity index (χ1) is 10.1. The smallest absolute Gasteiger partial charge is 0.251 e. The van der Waals surface area contributed by atoms with Gasteiger partial charge in [0, 0.05) is 0 Å². The van der Waals surface area contributed by atoms with Crippen LogP contribution < -0.4 is 5.73 Å². The molecule has 0 atom stereocenters. The van der Waals surface area contributed by atoms with Gasteiger partial charge < -0.3 is 5.73 Å². The fraction of sp³-hybridized carbons (Fsp3) is 0.0588. The maximum Gasteiger partial charge on any atom is 0.251 e. The highest BCUT2D eigenvalue weighted by atomic mass is 32.1. The highest BCUT2D eigenvalue weighted by Gasteiger charge is 2.13. The van der Waals surface area contributed by atoms with Crippen LogP contribution in [0.1, 0.15) is 16.1 Å². The standard InChI is InChI=1S/C17H14N2OS/c1-11-6-8-12(9-7-11)10-13(16(18)20)17-19-14-4-2-3-5-15(14)21-17/h2-10H,1H3,(H2,18,20).